The summed E-state index contributed by atoms with van der Waals surface area (Å²) in [6.07, 6.45) is 4.92. The van der Waals surface area contributed by atoms with Crippen LogP contribution < -0.4 is 0 Å². The summed E-state index contributed by atoms with van der Waals surface area (Å²) in [4.78, 5) is 0. The van der Waals surface area contributed by atoms with Crippen molar-refractivity contribution in [1.29, 1.82) is 0 Å². The van der Waals surface area contributed by atoms with E-state index in [4.69, 9.17) is 6.42 Å². The number of sulfone groups is 1. The molecule has 0 bridgehead atoms. The predicted molar refractivity (Wildman–Crippen MR) is 60.8 cm³/mol. The SMILES string of the molecule is C#CCS(=O)(=O)CC#Cc1ccccc1. The van der Waals surface area contributed by atoms with Gasteiger partial charge in [-0.25, -0.2) is 8.42 Å². The zero-order valence-electron chi connectivity index (χ0n) is 8.10. The molecular formula is C12H10O2S. The minimum absolute atomic E-state index is 0.188. The van der Waals surface area contributed by atoms with Crippen LogP contribution in [-0.2, 0) is 9.84 Å². The molecule has 0 aliphatic rings. The topological polar surface area (TPSA) is 34.1 Å². The van der Waals surface area contributed by atoms with Gasteiger partial charge in [0.25, 0.3) is 0 Å². The predicted octanol–water partition coefficient (Wildman–Crippen LogP) is 1.09. The lowest BCUT2D eigenvalue weighted by atomic mass is 10.2. The normalized spacial score (nSPS) is 9.80. The molecule has 1 aromatic carbocycles. The first-order valence-electron chi connectivity index (χ1n) is 4.32. The minimum atomic E-state index is -3.21. The van der Waals surface area contributed by atoms with E-state index < -0.39 is 9.84 Å². The fourth-order valence-electron chi connectivity index (χ4n) is 0.948. The molecule has 3 heteroatoms. The number of hydrogen-bond acceptors (Lipinski definition) is 2. The Labute approximate surface area is 90.2 Å². The van der Waals surface area contributed by atoms with Crippen molar-refractivity contribution >= 4 is 9.84 Å². The van der Waals surface area contributed by atoms with Crippen molar-refractivity contribution in [3.8, 4) is 24.2 Å². The van der Waals surface area contributed by atoms with E-state index in [0.29, 0.717) is 0 Å². The van der Waals surface area contributed by atoms with Crippen molar-refractivity contribution in [1.82, 2.24) is 0 Å². The molecule has 0 aliphatic carbocycles. The van der Waals surface area contributed by atoms with Gasteiger partial charge in [0.1, 0.15) is 11.5 Å². The zero-order chi connectivity index (χ0) is 11.1. The van der Waals surface area contributed by atoms with Crippen LogP contribution >= 0.6 is 0 Å². The molecule has 0 fully saturated rings. The maximum Gasteiger partial charge on any atom is 0.172 e. The molecular weight excluding hydrogens is 208 g/mol. The molecule has 0 N–H and O–H groups in total. The second-order valence-corrected chi connectivity index (χ2v) is 4.97. The van der Waals surface area contributed by atoms with Crippen molar-refractivity contribution in [3.05, 3.63) is 35.9 Å². The highest BCUT2D eigenvalue weighted by Gasteiger charge is 2.04. The lowest BCUT2D eigenvalue weighted by Gasteiger charge is -1.91. The van der Waals surface area contributed by atoms with Crippen LogP contribution in [0, 0.1) is 24.2 Å². The van der Waals surface area contributed by atoms with E-state index >= 15 is 0 Å². The third-order valence-corrected chi connectivity index (χ3v) is 2.79. The van der Waals surface area contributed by atoms with Gasteiger partial charge < -0.3 is 0 Å². The van der Waals surface area contributed by atoms with E-state index in [0.717, 1.165) is 5.56 Å². The van der Waals surface area contributed by atoms with Gasteiger partial charge in [-0.15, -0.1) is 6.42 Å². The maximum atomic E-state index is 11.2. The standard InChI is InChI=1S/C12H10O2S/c1-2-10-15(13,14)11-6-9-12-7-4-3-5-8-12/h1,3-5,7-8H,10-11H2. The monoisotopic (exact) mass is 218 g/mol. The fourth-order valence-corrected chi connectivity index (χ4v) is 1.60. The molecule has 15 heavy (non-hydrogen) atoms. The quantitative estimate of drug-likeness (QED) is 0.696. The fraction of sp³-hybridized carbons (Fsp3) is 0.167. The molecule has 0 atom stereocenters. The van der Waals surface area contributed by atoms with Crippen LogP contribution in [0.1, 0.15) is 5.56 Å². The molecule has 0 saturated heterocycles. The third-order valence-electron chi connectivity index (χ3n) is 1.60. The van der Waals surface area contributed by atoms with Gasteiger partial charge in [-0.05, 0) is 12.1 Å². The van der Waals surface area contributed by atoms with E-state index in [-0.39, 0.29) is 11.5 Å². The number of rotatable bonds is 2. The number of hydrogen-bond donors (Lipinski definition) is 0. The first-order valence-corrected chi connectivity index (χ1v) is 6.14. The summed E-state index contributed by atoms with van der Waals surface area (Å²) in [5.74, 6) is 7.01. The summed E-state index contributed by atoms with van der Waals surface area (Å²) in [6, 6.07) is 9.21. The van der Waals surface area contributed by atoms with Crippen molar-refractivity contribution in [2.75, 3.05) is 11.5 Å². The Morgan fingerprint density at radius 3 is 2.40 bits per heavy atom. The van der Waals surface area contributed by atoms with Crippen LogP contribution in [0.3, 0.4) is 0 Å². The Bertz CT molecular complexity index is 510. The Kier molecular flexibility index (Phi) is 3.97. The molecule has 0 amide bonds. The van der Waals surface area contributed by atoms with E-state index in [9.17, 15) is 8.42 Å². The molecule has 2 nitrogen and oxygen atoms in total. The van der Waals surface area contributed by atoms with E-state index in [2.05, 4.69) is 17.8 Å². The highest BCUT2D eigenvalue weighted by atomic mass is 32.2. The van der Waals surface area contributed by atoms with Crippen molar-refractivity contribution in [2.45, 2.75) is 0 Å². The van der Waals surface area contributed by atoms with Crippen molar-refractivity contribution in [3.63, 3.8) is 0 Å². The van der Waals surface area contributed by atoms with Gasteiger partial charge in [0.2, 0.25) is 0 Å². The van der Waals surface area contributed by atoms with Gasteiger partial charge in [-0.1, -0.05) is 36.0 Å². The summed E-state index contributed by atoms with van der Waals surface area (Å²) in [5.41, 5.74) is 0.799. The largest absolute Gasteiger partial charge is 0.227 e. The average Bonchev–Trinajstić information content (AvgIpc) is 2.19. The molecule has 0 heterocycles. The van der Waals surface area contributed by atoms with Crippen LogP contribution in [0.25, 0.3) is 0 Å². The molecule has 0 aromatic heterocycles. The van der Waals surface area contributed by atoms with Crippen molar-refractivity contribution in [2.24, 2.45) is 0 Å². The van der Waals surface area contributed by atoms with Gasteiger partial charge in [0.15, 0.2) is 9.84 Å². The van der Waals surface area contributed by atoms with Crippen molar-refractivity contribution < 1.29 is 8.42 Å². The first-order chi connectivity index (χ1) is 7.14. The van der Waals surface area contributed by atoms with E-state index in [1.165, 1.54) is 0 Å². The molecule has 1 aromatic rings. The number of benzene rings is 1. The molecule has 0 aliphatic heterocycles. The Balaban J connectivity index is 2.67. The third kappa shape index (κ3) is 4.35. The Hall–Kier alpha value is -1.71. The van der Waals surface area contributed by atoms with Crippen LogP contribution in [0.5, 0.6) is 0 Å². The second kappa shape index (κ2) is 5.24. The van der Waals surface area contributed by atoms with Crippen LogP contribution in [-0.4, -0.2) is 19.9 Å². The summed E-state index contributed by atoms with van der Waals surface area (Å²) in [6.45, 7) is 0. The van der Waals surface area contributed by atoms with Gasteiger partial charge in [-0.2, -0.15) is 0 Å². The smallest absolute Gasteiger partial charge is 0.172 e. The van der Waals surface area contributed by atoms with Crippen LogP contribution in [0.4, 0.5) is 0 Å². The molecule has 0 unspecified atom stereocenters. The Morgan fingerprint density at radius 2 is 1.80 bits per heavy atom. The highest BCUT2D eigenvalue weighted by Crippen LogP contribution is 1.95. The van der Waals surface area contributed by atoms with Gasteiger partial charge in [-0.3, -0.25) is 0 Å². The van der Waals surface area contributed by atoms with Gasteiger partial charge in [0.05, 0.1) is 0 Å². The molecule has 0 spiro atoms. The summed E-state index contributed by atoms with van der Waals surface area (Å²) in [5, 5.41) is 0. The van der Waals surface area contributed by atoms with E-state index in [1.807, 2.05) is 30.3 Å². The molecule has 0 radical (unpaired) electrons. The number of terminal acetylenes is 1. The van der Waals surface area contributed by atoms with Gasteiger partial charge >= 0.3 is 0 Å². The van der Waals surface area contributed by atoms with Crippen LogP contribution in [0.2, 0.25) is 0 Å². The summed E-state index contributed by atoms with van der Waals surface area (Å²) in [7, 11) is -3.21. The summed E-state index contributed by atoms with van der Waals surface area (Å²) < 4.78 is 22.4. The van der Waals surface area contributed by atoms with E-state index in [1.54, 1.807) is 0 Å². The maximum absolute atomic E-state index is 11.2. The minimum Gasteiger partial charge on any atom is -0.227 e. The second-order valence-electron chi connectivity index (χ2n) is 2.90. The Morgan fingerprint density at radius 1 is 1.13 bits per heavy atom. The summed E-state index contributed by atoms with van der Waals surface area (Å²) >= 11 is 0. The van der Waals surface area contributed by atoms with Gasteiger partial charge in [0, 0.05) is 5.56 Å². The first kappa shape index (κ1) is 11.4. The lowest BCUT2D eigenvalue weighted by Crippen LogP contribution is -2.07. The average molecular weight is 218 g/mol. The molecule has 0 saturated carbocycles. The molecule has 76 valence electrons. The zero-order valence-corrected chi connectivity index (χ0v) is 8.92. The van der Waals surface area contributed by atoms with Crippen LogP contribution in [0.15, 0.2) is 30.3 Å². The molecule has 1 rings (SSSR count). The highest BCUT2D eigenvalue weighted by molar-refractivity contribution is 7.91. The lowest BCUT2D eigenvalue weighted by molar-refractivity contribution is 0.603.